The van der Waals surface area contributed by atoms with E-state index in [9.17, 15) is 23.6 Å². The number of furan rings is 1. The molecule has 2 aromatic heterocycles. The first-order valence-electron chi connectivity index (χ1n) is 10.3. The summed E-state index contributed by atoms with van der Waals surface area (Å²) < 4.78 is 42.2. The second kappa shape index (κ2) is 7.95. The van der Waals surface area contributed by atoms with E-state index in [0.29, 0.717) is 28.1 Å². The molecule has 0 atom stereocenters. The van der Waals surface area contributed by atoms with Gasteiger partial charge < -0.3 is 18.8 Å². The summed E-state index contributed by atoms with van der Waals surface area (Å²) in [6.45, 7) is 1.19. The van der Waals surface area contributed by atoms with Crippen LogP contribution >= 0.6 is 0 Å². The summed E-state index contributed by atoms with van der Waals surface area (Å²) in [5, 5.41) is 13.8. The molecular formula is C24H16F2N4O5. The van der Waals surface area contributed by atoms with E-state index >= 15 is 0 Å². The second-order valence-electron chi connectivity index (χ2n) is 7.87. The van der Waals surface area contributed by atoms with Crippen LogP contribution < -0.4 is 19.9 Å². The summed E-state index contributed by atoms with van der Waals surface area (Å²) in [4.78, 5) is 27.3. The van der Waals surface area contributed by atoms with Crippen molar-refractivity contribution in [3.05, 3.63) is 70.2 Å². The maximum absolute atomic E-state index is 13.4. The number of nitrogens with zero attached hydrogens (tertiary/aromatic N) is 4. The number of hydrogen-bond donors (Lipinski definition) is 0. The number of likely N-dealkylation sites (N-methyl/N-ethyl adjacent to an activating group) is 1. The largest absolute Gasteiger partial charge is 0.586 e. The number of amides is 1. The van der Waals surface area contributed by atoms with Crippen molar-refractivity contribution in [1.82, 2.24) is 9.78 Å². The Morgan fingerprint density at radius 3 is 2.69 bits per heavy atom. The molecule has 0 saturated heterocycles. The first-order valence-corrected chi connectivity index (χ1v) is 10.3. The first kappa shape index (κ1) is 22.1. The van der Waals surface area contributed by atoms with Gasteiger partial charge in [-0.15, -0.1) is 8.78 Å². The molecule has 3 heterocycles. The van der Waals surface area contributed by atoms with Crippen LogP contribution in [0.3, 0.4) is 0 Å². The van der Waals surface area contributed by atoms with E-state index in [4.69, 9.17) is 4.42 Å². The van der Waals surface area contributed by atoms with Gasteiger partial charge in [0.2, 0.25) is 5.91 Å². The Morgan fingerprint density at radius 1 is 1.20 bits per heavy atom. The molecule has 2 aromatic carbocycles. The topological polar surface area (TPSA) is 111 Å². The third kappa shape index (κ3) is 3.85. The molecule has 1 aliphatic rings. The predicted molar refractivity (Wildman–Crippen MR) is 119 cm³/mol. The Labute approximate surface area is 196 Å². The van der Waals surface area contributed by atoms with Gasteiger partial charge in [0.1, 0.15) is 12.2 Å². The summed E-state index contributed by atoms with van der Waals surface area (Å²) in [5.41, 5.74) is 1.69. The third-order valence-electron chi connectivity index (χ3n) is 5.57. The molecular weight excluding hydrogens is 462 g/mol. The van der Waals surface area contributed by atoms with Crippen molar-refractivity contribution < 1.29 is 27.5 Å². The van der Waals surface area contributed by atoms with E-state index in [1.54, 1.807) is 31.2 Å². The van der Waals surface area contributed by atoms with Crippen LogP contribution in [0.1, 0.15) is 11.1 Å². The number of fused-ring (bicyclic) bond motifs is 2. The van der Waals surface area contributed by atoms with Crippen molar-refractivity contribution in [2.75, 3.05) is 11.9 Å². The van der Waals surface area contributed by atoms with Gasteiger partial charge in [-0.25, -0.2) is 4.68 Å². The van der Waals surface area contributed by atoms with Crippen LogP contribution in [0.5, 0.6) is 11.5 Å². The lowest BCUT2D eigenvalue weighted by Gasteiger charge is -2.20. The van der Waals surface area contributed by atoms with Gasteiger partial charge in [-0.1, -0.05) is 12.1 Å². The van der Waals surface area contributed by atoms with Crippen molar-refractivity contribution >= 4 is 22.6 Å². The number of benzene rings is 2. The normalized spacial score (nSPS) is 13.6. The summed E-state index contributed by atoms with van der Waals surface area (Å²) in [5.74, 6) is -0.873. The number of alkyl halides is 2. The zero-order chi connectivity index (χ0) is 24.9. The van der Waals surface area contributed by atoms with Crippen LogP contribution in [0.25, 0.3) is 22.2 Å². The fourth-order valence-corrected chi connectivity index (χ4v) is 3.86. The minimum absolute atomic E-state index is 0.135. The van der Waals surface area contributed by atoms with E-state index < -0.39 is 24.3 Å². The lowest BCUT2D eigenvalue weighted by Crippen LogP contribution is -2.35. The lowest BCUT2D eigenvalue weighted by molar-refractivity contribution is -0.286. The molecule has 0 spiro atoms. The second-order valence-corrected chi connectivity index (χ2v) is 7.87. The van der Waals surface area contributed by atoms with Crippen molar-refractivity contribution in [3.8, 4) is 28.8 Å². The van der Waals surface area contributed by atoms with Crippen molar-refractivity contribution in [3.63, 3.8) is 0 Å². The number of anilines is 1. The van der Waals surface area contributed by atoms with Gasteiger partial charge in [0.25, 0.3) is 5.56 Å². The van der Waals surface area contributed by atoms with Crippen molar-refractivity contribution in [2.24, 2.45) is 0 Å². The molecule has 1 aliphatic heterocycles. The minimum Gasteiger partial charge on any atom is -0.462 e. The molecule has 176 valence electrons. The SMILES string of the molecule is Cc1cc2c(cc1N(C)C(=O)Cn1nc(-c3cccc(C#N)c3)c3occc3c1=O)OC(F)(F)O2. The average molecular weight is 478 g/mol. The van der Waals surface area contributed by atoms with Crippen LogP contribution in [-0.4, -0.2) is 29.0 Å². The van der Waals surface area contributed by atoms with Crippen LogP contribution in [-0.2, 0) is 11.3 Å². The molecule has 4 aromatic rings. The number of rotatable bonds is 4. The molecule has 35 heavy (non-hydrogen) atoms. The summed E-state index contributed by atoms with van der Waals surface area (Å²) in [7, 11) is 1.45. The lowest BCUT2D eigenvalue weighted by atomic mass is 10.1. The van der Waals surface area contributed by atoms with Gasteiger partial charge in [0.15, 0.2) is 17.1 Å². The number of aryl methyl sites for hydroxylation is 1. The molecule has 0 saturated carbocycles. The molecule has 5 rings (SSSR count). The Balaban J connectivity index is 1.51. The van der Waals surface area contributed by atoms with Crippen LogP contribution in [0.15, 0.2) is 57.9 Å². The highest BCUT2D eigenvalue weighted by molar-refractivity contribution is 5.94. The van der Waals surface area contributed by atoms with E-state index in [2.05, 4.69) is 14.6 Å². The van der Waals surface area contributed by atoms with E-state index in [-0.39, 0.29) is 22.5 Å². The summed E-state index contributed by atoms with van der Waals surface area (Å²) in [6, 6.07) is 12.7. The van der Waals surface area contributed by atoms with Crippen LogP contribution in [0, 0.1) is 18.3 Å². The highest BCUT2D eigenvalue weighted by Gasteiger charge is 2.44. The van der Waals surface area contributed by atoms with E-state index in [1.807, 2.05) is 6.07 Å². The number of halogens is 2. The zero-order valence-electron chi connectivity index (χ0n) is 18.4. The van der Waals surface area contributed by atoms with Gasteiger partial charge in [-0.2, -0.15) is 10.4 Å². The van der Waals surface area contributed by atoms with E-state index in [0.717, 1.165) is 4.68 Å². The predicted octanol–water partition coefficient (Wildman–Crippen LogP) is 3.82. The number of carbonyl (C=O) groups excluding carboxylic acids is 1. The fourth-order valence-electron chi connectivity index (χ4n) is 3.86. The number of carbonyl (C=O) groups is 1. The smallest absolute Gasteiger partial charge is 0.462 e. The van der Waals surface area contributed by atoms with Crippen molar-refractivity contribution in [2.45, 2.75) is 19.8 Å². The Hall–Kier alpha value is -4.72. The minimum atomic E-state index is -3.79. The quantitative estimate of drug-likeness (QED) is 0.438. The molecule has 0 radical (unpaired) electrons. The highest BCUT2D eigenvalue weighted by Crippen LogP contribution is 2.44. The molecule has 0 bridgehead atoms. The number of hydrogen-bond acceptors (Lipinski definition) is 7. The molecule has 1 amide bonds. The molecule has 0 aliphatic carbocycles. The Kier molecular flexibility index (Phi) is 5.02. The van der Waals surface area contributed by atoms with Crippen LogP contribution in [0.4, 0.5) is 14.5 Å². The highest BCUT2D eigenvalue weighted by atomic mass is 19.3. The van der Waals surface area contributed by atoms with Gasteiger partial charge >= 0.3 is 6.29 Å². The molecule has 9 nitrogen and oxygen atoms in total. The molecule has 0 unspecified atom stereocenters. The molecule has 0 fully saturated rings. The standard InChI is InChI=1S/C24H16F2N4O5/c1-13-8-18-19(35-24(25,26)34-18)10-17(13)29(2)20(31)12-30-23(32)16-6-7-33-22(16)21(28-30)15-5-3-4-14(9-15)11-27/h3-10H,12H2,1-2H3. The van der Waals surface area contributed by atoms with Gasteiger partial charge in [0, 0.05) is 18.7 Å². The first-order chi connectivity index (χ1) is 16.7. The van der Waals surface area contributed by atoms with Gasteiger partial charge in [-0.05, 0) is 36.8 Å². The number of nitriles is 1. The fraction of sp³-hybridized carbons (Fsp3) is 0.167. The monoisotopic (exact) mass is 478 g/mol. The van der Waals surface area contributed by atoms with E-state index in [1.165, 1.54) is 36.4 Å². The molecule has 11 heteroatoms. The maximum atomic E-state index is 13.4. The summed E-state index contributed by atoms with van der Waals surface area (Å²) >= 11 is 0. The van der Waals surface area contributed by atoms with Crippen molar-refractivity contribution in [1.29, 1.82) is 5.26 Å². The Bertz CT molecular complexity index is 1600. The zero-order valence-corrected chi connectivity index (χ0v) is 18.4. The van der Waals surface area contributed by atoms with Gasteiger partial charge in [0.05, 0.1) is 29.0 Å². The average Bonchev–Trinajstić information content (AvgIpc) is 3.43. The third-order valence-corrected chi connectivity index (χ3v) is 5.57. The Morgan fingerprint density at radius 2 is 1.94 bits per heavy atom. The molecule has 0 N–H and O–H groups in total. The van der Waals surface area contributed by atoms with Crippen LogP contribution in [0.2, 0.25) is 0 Å². The maximum Gasteiger partial charge on any atom is 0.586 e. The number of ether oxygens (including phenoxy) is 2. The number of aromatic nitrogens is 2. The van der Waals surface area contributed by atoms with Gasteiger partial charge in [-0.3, -0.25) is 9.59 Å². The summed E-state index contributed by atoms with van der Waals surface area (Å²) in [6.07, 6.45) is -2.44.